The van der Waals surface area contributed by atoms with Crippen molar-refractivity contribution >= 4 is 34.9 Å². The molecule has 3 aliphatic carbocycles. The van der Waals surface area contributed by atoms with Crippen molar-refractivity contribution in [2.24, 2.45) is 23.5 Å². The highest BCUT2D eigenvalue weighted by Crippen LogP contribution is 2.52. The predicted molar refractivity (Wildman–Crippen MR) is 126 cm³/mol. The van der Waals surface area contributed by atoms with Crippen LogP contribution in [0, 0.1) is 17.8 Å². The first-order chi connectivity index (χ1) is 17.0. The largest absolute Gasteiger partial charge is 0.511 e. The lowest BCUT2D eigenvalue weighted by atomic mass is 9.61. The Labute approximate surface area is 206 Å². The van der Waals surface area contributed by atoms with Crippen molar-refractivity contribution in [3.8, 4) is 5.75 Å². The number of phenols is 1. The number of aliphatic hydroxyl groups excluding tert-OH is 2. The molecule has 192 valence electrons. The first-order valence-electron chi connectivity index (χ1n) is 11.5. The highest BCUT2D eigenvalue weighted by Gasteiger charge is 2.51. The first kappa shape index (κ1) is 25.2. The molecule has 0 saturated heterocycles. The molecule has 0 aliphatic heterocycles. The number of carbonyl (C=O) groups is 4. The van der Waals surface area contributed by atoms with E-state index in [-0.39, 0.29) is 49.2 Å². The van der Waals surface area contributed by atoms with Crippen LogP contribution in [0.25, 0.3) is 5.76 Å². The second-order valence-electron chi connectivity index (χ2n) is 9.42. The number of anilines is 1. The van der Waals surface area contributed by atoms with Gasteiger partial charge in [-0.15, -0.1) is 0 Å². The van der Waals surface area contributed by atoms with Gasteiger partial charge in [0, 0.05) is 38.9 Å². The van der Waals surface area contributed by atoms with Gasteiger partial charge >= 0.3 is 5.97 Å². The number of primary amides is 1. The zero-order chi connectivity index (χ0) is 26.5. The summed E-state index contributed by atoms with van der Waals surface area (Å²) in [6, 6.07) is 1.47. The van der Waals surface area contributed by atoms with Crippen molar-refractivity contribution in [2.45, 2.75) is 19.3 Å². The maximum Gasteiger partial charge on any atom is 0.342 e. The Morgan fingerprint density at radius 3 is 2.44 bits per heavy atom. The van der Waals surface area contributed by atoms with Gasteiger partial charge in [-0.1, -0.05) is 0 Å². The molecule has 3 atom stereocenters. The molecule has 0 heterocycles. The van der Waals surface area contributed by atoms with Crippen molar-refractivity contribution < 1.29 is 44.0 Å². The number of amides is 1. The van der Waals surface area contributed by atoms with Crippen LogP contribution in [0.15, 0.2) is 23.0 Å². The van der Waals surface area contributed by atoms with Crippen molar-refractivity contribution in [3.63, 3.8) is 0 Å². The summed E-state index contributed by atoms with van der Waals surface area (Å²) < 4.78 is 10.0. The van der Waals surface area contributed by atoms with Gasteiger partial charge in [-0.25, -0.2) is 4.79 Å². The maximum atomic E-state index is 13.5. The van der Waals surface area contributed by atoms with E-state index in [1.54, 1.807) is 19.0 Å². The fourth-order valence-electron chi connectivity index (χ4n) is 5.54. The zero-order valence-electron chi connectivity index (χ0n) is 20.2. The van der Waals surface area contributed by atoms with Crippen LogP contribution < -0.4 is 10.6 Å². The number of Topliss-reactive ketones (excluding diaryl/α,β-unsaturated/α-hetero) is 2. The van der Waals surface area contributed by atoms with Crippen molar-refractivity contribution in [3.05, 3.63) is 39.7 Å². The zero-order valence-corrected chi connectivity index (χ0v) is 20.2. The summed E-state index contributed by atoms with van der Waals surface area (Å²) in [6.45, 7) is 0.102. The number of nitrogens with two attached hydrogens (primary N) is 1. The van der Waals surface area contributed by atoms with Gasteiger partial charge in [-0.3, -0.25) is 14.4 Å². The van der Waals surface area contributed by atoms with Crippen LogP contribution in [-0.2, 0) is 30.3 Å². The first-order valence-corrected chi connectivity index (χ1v) is 11.5. The third kappa shape index (κ3) is 3.89. The van der Waals surface area contributed by atoms with Gasteiger partial charge in [0.05, 0.1) is 18.1 Å². The summed E-state index contributed by atoms with van der Waals surface area (Å²) in [5.74, 6) is -7.24. The molecule has 0 radical (unpaired) electrons. The lowest BCUT2D eigenvalue weighted by Crippen LogP contribution is -2.44. The molecule has 11 nitrogen and oxygen atoms in total. The molecule has 1 amide bonds. The van der Waals surface area contributed by atoms with Crippen molar-refractivity contribution in [1.82, 2.24) is 0 Å². The molecule has 0 bridgehead atoms. The average molecular weight is 501 g/mol. The Hall–Kier alpha value is -3.86. The molecule has 4 rings (SSSR count). The Morgan fingerprint density at radius 2 is 1.83 bits per heavy atom. The van der Waals surface area contributed by atoms with Gasteiger partial charge in [0.25, 0.3) is 5.91 Å². The van der Waals surface area contributed by atoms with Crippen LogP contribution in [0.3, 0.4) is 0 Å². The number of esters is 1. The van der Waals surface area contributed by atoms with E-state index in [4.69, 9.17) is 15.2 Å². The van der Waals surface area contributed by atoms with Crippen LogP contribution in [-0.4, -0.2) is 73.2 Å². The van der Waals surface area contributed by atoms with Crippen molar-refractivity contribution in [2.75, 3.05) is 39.3 Å². The van der Waals surface area contributed by atoms with Gasteiger partial charge in [0.1, 0.15) is 35.0 Å². The minimum atomic E-state index is -1.21. The second kappa shape index (κ2) is 9.30. The molecule has 3 aliphatic rings. The topological polar surface area (TPSA) is 177 Å². The number of nitrogens with zero attached hydrogens (tertiary/aromatic N) is 1. The number of aromatic hydroxyl groups is 1. The van der Waals surface area contributed by atoms with E-state index in [0.717, 1.165) is 0 Å². The number of rotatable bonds is 6. The minimum absolute atomic E-state index is 0.0293. The Morgan fingerprint density at radius 1 is 1.14 bits per heavy atom. The number of carbonyl (C=O) groups excluding carboxylic acids is 4. The Bertz CT molecular complexity index is 1240. The number of benzene rings is 1. The van der Waals surface area contributed by atoms with Crippen molar-refractivity contribution in [1.29, 1.82) is 0 Å². The van der Waals surface area contributed by atoms with Crippen LogP contribution in [0.2, 0.25) is 0 Å². The highest BCUT2D eigenvalue weighted by atomic mass is 16.6. The Kier molecular flexibility index (Phi) is 6.52. The van der Waals surface area contributed by atoms with Gasteiger partial charge in [0.15, 0.2) is 11.6 Å². The summed E-state index contributed by atoms with van der Waals surface area (Å²) in [5, 5.41) is 33.0. The van der Waals surface area contributed by atoms with E-state index in [9.17, 15) is 34.5 Å². The Balaban J connectivity index is 1.86. The smallest absolute Gasteiger partial charge is 0.342 e. The summed E-state index contributed by atoms with van der Waals surface area (Å²) in [5.41, 5.74) is 5.44. The summed E-state index contributed by atoms with van der Waals surface area (Å²) in [7, 11) is 4.92. The molecular weight excluding hydrogens is 472 g/mol. The molecule has 1 saturated carbocycles. The molecule has 1 aromatic rings. The number of hydrogen-bond acceptors (Lipinski definition) is 10. The number of aliphatic hydroxyl groups is 2. The minimum Gasteiger partial charge on any atom is -0.511 e. The van der Waals surface area contributed by atoms with Crippen LogP contribution in [0.1, 0.15) is 34.3 Å². The molecule has 3 unspecified atom stereocenters. The predicted octanol–water partition coefficient (Wildman–Crippen LogP) is 1.18. The summed E-state index contributed by atoms with van der Waals surface area (Å²) in [4.78, 5) is 52.1. The normalized spacial score (nSPS) is 23.1. The third-order valence-electron chi connectivity index (χ3n) is 7.09. The number of methoxy groups -OCH3 is 1. The summed E-state index contributed by atoms with van der Waals surface area (Å²) in [6.07, 6.45) is 0.394. The molecule has 5 N–H and O–H groups in total. The lowest BCUT2D eigenvalue weighted by molar-refractivity contribution is -0.127. The van der Waals surface area contributed by atoms with Gasteiger partial charge < -0.3 is 35.4 Å². The third-order valence-corrected chi connectivity index (χ3v) is 7.09. The second-order valence-corrected chi connectivity index (χ2v) is 9.42. The maximum absolute atomic E-state index is 13.5. The number of ketones is 2. The number of ether oxygens (including phenoxy) is 2. The van der Waals surface area contributed by atoms with E-state index in [1.165, 1.54) is 13.2 Å². The monoisotopic (exact) mass is 500 g/mol. The molecular formula is C25H28N2O9. The van der Waals surface area contributed by atoms with E-state index in [2.05, 4.69) is 0 Å². The molecule has 1 fully saturated rings. The molecule has 0 aromatic heterocycles. The quantitative estimate of drug-likeness (QED) is 0.252. The number of fused-ring (bicyclic) bond motifs is 3. The van der Waals surface area contributed by atoms with E-state index >= 15 is 0 Å². The standard InChI is InChI=1S/C25H28N2O9/c1-27(2)14-9-13(25(34)36-5-4-35-3)20(29)18-12(14)7-10-6-11-8-15(28)19(24(26)33)23(32)17(11)21(30)16(10)22(18)31/h9-11,17,29,31-32H,4-8H2,1-3H3,(H2,26,33). The van der Waals surface area contributed by atoms with E-state index in [0.29, 0.717) is 11.3 Å². The van der Waals surface area contributed by atoms with E-state index < -0.39 is 64.0 Å². The fraction of sp³-hybridized carbons (Fsp3) is 0.440. The number of phenolic OH excluding ortho intramolecular Hbond substituents is 1. The number of hydrogen-bond donors (Lipinski definition) is 4. The molecule has 11 heteroatoms. The fourth-order valence-corrected chi connectivity index (χ4v) is 5.54. The molecule has 36 heavy (non-hydrogen) atoms. The van der Waals surface area contributed by atoms with Crippen LogP contribution in [0.4, 0.5) is 5.69 Å². The van der Waals surface area contributed by atoms with Crippen LogP contribution >= 0.6 is 0 Å². The number of allylic oxidation sites excluding steroid dienone is 2. The van der Waals surface area contributed by atoms with Gasteiger partial charge in [0.2, 0.25) is 0 Å². The SMILES string of the molecule is COCCOC(=O)c1cc(N(C)C)c2c(c1O)C(O)=C1C(=O)C3C(O)=C(C(N)=O)C(=O)CC3CC1C2. The molecule has 1 aromatic carbocycles. The average Bonchev–Trinajstić information content (AvgIpc) is 2.78. The van der Waals surface area contributed by atoms with Crippen LogP contribution in [0.5, 0.6) is 5.75 Å². The lowest BCUT2D eigenvalue weighted by Gasteiger charge is -2.41. The van der Waals surface area contributed by atoms with E-state index in [1.807, 2.05) is 0 Å². The molecule has 0 spiro atoms. The van der Waals surface area contributed by atoms with Gasteiger partial charge in [-0.2, -0.15) is 0 Å². The highest BCUT2D eigenvalue weighted by molar-refractivity contribution is 6.21. The van der Waals surface area contributed by atoms with Gasteiger partial charge in [-0.05, 0) is 36.3 Å². The summed E-state index contributed by atoms with van der Waals surface area (Å²) >= 11 is 0.